The lowest BCUT2D eigenvalue weighted by Gasteiger charge is -2.12. The molecule has 2 nitrogen and oxygen atoms in total. The van der Waals surface area contributed by atoms with Gasteiger partial charge in [-0.15, -0.1) is 0 Å². The van der Waals surface area contributed by atoms with Crippen LogP contribution in [-0.2, 0) is 17.9 Å². The maximum Gasteiger partial charge on any atom is 0.0716 e. The molecular formula is C15H14Cl3NO. The summed E-state index contributed by atoms with van der Waals surface area (Å²) in [4.78, 5) is 0. The summed E-state index contributed by atoms with van der Waals surface area (Å²) in [7, 11) is 1.68. The molecule has 0 atom stereocenters. The third kappa shape index (κ3) is 3.80. The van der Waals surface area contributed by atoms with Gasteiger partial charge in [0.1, 0.15) is 0 Å². The van der Waals surface area contributed by atoms with E-state index < -0.39 is 0 Å². The Kier molecular flexibility index (Phi) is 5.55. The minimum atomic E-state index is 0.446. The molecule has 20 heavy (non-hydrogen) atoms. The first-order chi connectivity index (χ1) is 9.61. The fourth-order valence-corrected chi connectivity index (χ4v) is 2.49. The first-order valence-corrected chi connectivity index (χ1v) is 7.19. The van der Waals surface area contributed by atoms with Crippen LogP contribution in [0.3, 0.4) is 0 Å². The van der Waals surface area contributed by atoms with Crippen LogP contribution in [0.2, 0.25) is 15.1 Å². The Morgan fingerprint density at radius 2 is 1.60 bits per heavy atom. The standard InChI is InChI=1S/C15H14Cl3NO/c1-20-9-11-5-3-2-4-10(11)8-19-15-7-13(17)12(16)6-14(15)18/h2-7,19H,8-9H2,1H3. The lowest BCUT2D eigenvalue weighted by molar-refractivity contribution is 0.184. The summed E-state index contributed by atoms with van der Waals surface area (Å²) in [5, 5.41) is 4.73. The lowest BCUT2D eigenvalue weighted by Crippen LogP contribution is -2.04. The summed E-state index contributed by atoms with van der Waals surface area (Å²) in [6.45, 7) is 1.21. The number of anilines is 1. The molecule has 0 saturated heterocycles. The van der Waals surface area contributed by atoms with Crippen molar-refractivity contribution < 1.29 is 4.74 Å². The van der Waals surface area contributed by atoms with Gasteiger partial charge in [0.25, 0.3) is 0 Å². The van der Waals surface area contributed by atoms with E-state index in [4.69, 9.17) is 39.5 Å². The monoisotopic (exact) mass is 329 g/mol. The molecule has 0 unspecified atom stereocenters. The molecule has 0 aliphatic carbocycles. The molecule has 106 valence electrons. The number of halogens is 3. The highest BCUT2D eigenvalue weighted by Crippen LogP contribution is 2.32. The van der Waals surface area contributed by atoms with Crippen molar-refractivity contribution in [1.82, 2.24) is 0 Å². The first-order valence-electron chi connectivity index (χ1n) is 6.06. The largest absolute Gasteiger partial charge is 0.380 e. The Morgan fingerprint density at radius 1 is 0.950 bits per heavy atom. The van der Waals surface area contributed by atoms with Crippen LogP contribution in [0.4, 0.5) is 5.69 Å². The van der Waals surface area contributed by atoms with E-state index in [1.165, 1.54) is 0 Å². The minimum Gasteiger partial charge on any atom is -0.380 e. The number of benzene rings is 2. The number of rotatable bonds is 5. The van der Waals surface area contributed by atoms with Gasteiger partial charge in [-0.1, -0.05) is 59.1 Å². The van der Waals surface area contributed by atoms with Crippen LogP contribution in [0, 0.1) is 0 Å². The molecule has 0 spiro atoms. The van der Waals surface area contributed by atoms with Gasteiger partial charge in [0.05, 0.1) is 27.4 Å². The van der Waals surface area contributed by atoms with Crippen molar-refractivity contribution in [3.8, 4) is 0 Å². The van der Waals surface area contributed by atoms with E-state index >= 15 is 0 Å². The predicted molar refractivity (Wildman–Crippen MR) is 86.0 cm³/mol. The van der Waals surface area contributed by atoms with Gasteiger partial charge >= 0.3 is 0 Å². The van der Waals surface area contributed by atoms with E-state index in [-0.39, 0.29) is 0 Å². The fraction of sp³-hybridized carbons (Fsp3) is 0.200. The number of hydrogen-bond acceptors (Lipinski definition) is 2. The third-order valence-electron chi connectivity index (χ3n) is 2.90. The van der Waals surface area contributed by atoms with Gasteiger partial charge in [-0.3, -0.25) is 0 Å². The van der Waals surface area contributed by atoms with Gasteiger partial charge in [-0.25, -0.2) is 0 Å². The average molecular weight is 331 g/mol. The molecule has 0 aromatic heterocycles. The normalized spacial score (nSPS) is 10.6. The van der Waals surface area contributed by atoms with Gasteiger partial charge in [0.15, 0.2) is 0 Å². The van der Waals surface area contributed by atoms with Crippen LogP contribution in [-0.4, -0.2) is 7.11 Å². The van der Waals surface area contributed by atoms with Gasteiger partial charge < -0.3 is 10.1 Å². The van der Waals surface area contributed by atoms with Crippen LogP contribution in [0.1, 0.15) is 11.1 Å². The highest BCUT2D eigenvalue weighted by Gasteiger charge is 2.07. The average Bonchev–Trinajstić information content (AvgIpc) is 2.43. The quantitative estimate of drug-likeness (QED) is 0.741. The molecule has 0 radical (unpaired) electrons. The van der Waals surface area contributed by atoms with Crippen LogP contribution in [0.5, 0.6) is 0 Å². The predicted octanol–water partition coefficient (Wildman–Crippen LogP) is 5.41. The second-order valence-electron chi connectivity index (χ2n) is 4.30. The van der Waals surface area contributed by atoms with Gasteiger partial charge in [0, 0.05) is 13.7 Å². The van der Waals surface area contributed by atoms with E-state index in [0.717, 1.165) is 16.8 Å². The minimum absolute atomic E-state index is 0.446. The van der Waals surface area contributed by atoms with Crippen molar-refractivity contribution in [2.75, 3.05) is 12.4 Å². The van der Waals surface area contributed by atoms with Crippen molar-refractivity contribution >= 4 is 40.5 Å². The van der Waals surface area contributed by atoms with Crippen molar-refractivity contribution in [3.05, 3.63) is 62.6 Å². The van der Waals surface area contributed by atoms with Crippen LogP contribution in [0.25, 0.3) is 0 Å². The molecule has 2 rings (SSSR count). The van der Waals surface area contributed by atoms with Crippen molar-refractivity contribution in [1.29, 1.82) is 0 Å². The highest BCUT2D eigenvalue weighted by atomic mass is 35.5. The Hall–Kier alpha value is -0.930. The Morgan fingerprint density at radius 3 is 2.30 bits per heavy atom. The summed E-state index contributed by atoms with van der Waals surface area (Å²) in [5.74, 6) is 0. The van der Waals surface area contributed by atoms with Crippen LogP contribution >= 0.6 is 34.8 Å². The number of methoxy groups -OCH3 is 1. The molecule has 0 fully saturated rings. The SMILES string of the molecule is COCc1ccccc1CNc1cc(Cl)c(Cl)cc1Cl. The smallest absolute Gasteiger partial charge is 0.0716 e. The maximum absolute atomic E-state index is 6.14. The molecule has 0 aliphatic rings. The molecule has 0 saturated carbocycles. The van der Waals surface area contributed by atoms with Crippen molar-refractivity contribution in [2.24, 2.45) is 0 Å². The molecule has 2 aromatic rings. The molecule has 1 N–H and O–H groups in total. The van der Waals surface area contributed by atoms with Gasteiger partial charge in [-0.05, 0) is 23.3 Å². The number of hydrogen-bond donors (Lipinski definition) is 1. The van der Waals surface area contributed by atoms with Crippen LogP contribution < -0.4 is 5.32 Å². The van der Waals surface area contributed by atoms with E-state index in [1.54, 1.807) is 19.2 Å². The summed E-state index contributed by atoms with van der Waals surface area (Å²) < 4.78 is 5.19. The molecule has 0 bridgehead atoms. The Balaban J connectivity index is 2.15. The molecule has 0 amide bonds. The van der Waals surface area contributed by atoms with Crippen molar-refractivity contribution in [2.45, 2.75) is 13.2 Å². The topological polar surface area (TPSA) is 21.3 Å². The van der Waals surface area contributed by atoms with E-state index in [2.05, 4.69) is 5.32 Å². The molecule has 2 aromatic carbocycles. The Bertz CT molecular complexity index is 602. The summed E-state index contributed by atoms with van der Waals surface area (Å²) in [5.41, 5.74) is 3.04. The molecule has 0 aliphatic heterocycles. The zero-order valence-corrected chi connectivity index (χ0v) is 13.2. The third-order valence-corrected chi connectivity index (χ3v) is 3.93. The fourth-order valence-electron chi connectivity index (χ4n) is 1.87. The number of ether oxygens (including phenoxy) is 1. The molecule has 0 heterocycles. The second kappa shape index (κ2) is 7.19. The van der Waals surface area contributed by atoms with Crippen LogP contribution in [0.15, 0.2) is 36.4 Å². The Labute approximate surface area is 133 Å². The molecule has 5 heteroatoms. The van der Waals surface area contributed by atoms with E-state index in [9.17, 15) is 0 Å². The summed E-state index contributed by atoms with van der Waals surface area (Å²) >= 11 is 18.0. The zero-order valence-electron chi connectivity index (χ0n) is 10.9. The summed E-state index contributed by atoms with van der Waals surface area (Å²) in [6.07, 6.45) is 0. The van der Waals surface area contributed by atoms with E-state index in [0.29, 0.717) is 28.2 Å². The lowest BCUT2D eigenvalue weighted by atomic mass is 10.1. The maximum atomic E-state index is 6.14. The number of nitrogens with one attached hydrogen (secondary N) is 1. The second-order valence-corrected chi connectivity index (χ2v) is 5.52. The van der Waals surface area contributed by atoms with Gasteiger partial charge in [0.2, 0.25) is 0 Å². The highest BCUT2D eigenvalue weighted by molar-refractivity contribution is 6.44. The summed E-state index contributed by atoms with van der Waals surface area (Å²) in [6, 6.07) is 11.4. The van der Waals surface area contributed by atoms with Crippen molar-refractivity contribution in [3.63, 3.8) is 0 Å². The van der Waals surface area contributed by atoms with E-state index in [1.807, 2.05) is 24.3 Å². The van der Waals surface area contributed by atoms with Gasteiger partial charge in [-0.2, -0.15) is 0 Å². The molecular weight excluding hydrogens is 317 g/mol. The zero-order chi connectivity index (χ0) is 14.5. The first kappa shape index (κ1) is 15.5.